The van der Waals surface area contributed by atoms with Gasteiger partial charge in [-0.25, -0.2) is 9.97 Å². The number of amides is 1. The van der Waals surface area contributed by atoms with Crippen LogP contribution in [-0.4, -0.2) is 21.1 Å². The molecule has 1 heterocycles. The number of thioether (sulfide) groups is 1. The number of alkyl halides is 3. The molecule has 0 spiro atoms. The first kappa shape index (κ1) is 22.1. The Balaban J connectivity index is 1.86. The van der Waals surface area contributed by atoms with Crippen LogP contribution in [0, 0.1) is 6.92 Å². The van der Waals surface area contributed by atoms with Gasteiger partial charge in [-0.05, 0) is 37.6 Å². The average molecular weight is 452 g/mol. The van der Waals surface area contributed by atoms with Gasteiger partial charge < -0.3 is 5.32 Å². The molecule has 0 aliphatic rings. The summed E-state index contributed by atoms with van der Waals surface area (Å²) in [5.74, 6) is -0.396. The largest absolute Gasteiger partial charge is 0.433 e. The van der Waals surface area contributed by atoms with Gasteiger partial charge in [0.25, 0.3) is 0 Å². The zero-order chi connectivity index (χ0) is 21.9. The van der Waals surface area contributed by atoms with Crippen LogP contribution in [0.5, 0.6) is 0 Å². The van der Waals surface area contributed by atoms with E-state index in [0.717, 1.165) is 17.8 Å². The van der Waals surface area contributed by atoms with Gasteiger partial charge in [0.2, 0.25) is 5.91 Å². The van der Waals surface area contributed by atoms with E-state index in [9.17, 15) is 18.0 Å². The Labute approximate surface area is 180 Å². The minimum atomic E-state index is -4.63. The number of nitrogens with one attached hydrogen (secondary N) is 1. The molecule has 30 heavy (non-hydrogen) atoms. The Morgan fingerprint density at radius 1 is 1.10 bits per heavy atom. The Morgan fingerprint density at radius 3 is 2.47 bits per heavy atom. The van der Waals surface area contributed by atoms with Crippen molar-refractivity contribution in [1.29, 1.82) is 0 Å². The summed E-state index contributed by atoms with van der Waals surface area (Å²) in [5, 5.41) is 2.37. The van der Waals surface area contributed by atoms with E-state index in [2.05, 4.69) is 15.3 Å². The van der Waals surface area contributed by atoms with E-state index in [4.69, 9.17) is 11.6 Å². The van der Waals surface area contributed by atoms with Crippen molar-refractivity contribution in [3.63, 3.8) is 0 Å². The minimum Gasteiger partial charge on any atom is -0.325 e. The van der Waals surface area contributed by atoms with Crippen LogP contribution in [0.1, 0.15) is 18.2 Å². The van der Waals surface area contributed by atoms with Crippen LogP contribution in [0.3, 0.4) is 0 Å². The van der Waals surface area contributed by atoms with Gasteiger partial charge in [0.05, 0.1) is 10.9 Å². The summed E-state index contributed by atoms with van der Waals surface area (Å²) in [7, 11) is 0. The van der Waals surface area contributed by atoms with Crippen molar-refractivity contribution in [2.75, 3.05) is 5.32 Å². The summed E-state index contributed by atoms with van der Waals surface area (Å²) in [6.45, 7) is 3.34. The summed E-state index contributed by atoms with van der Waals surface area (Å²) < 4.78 is 40.0. The maximum absolute atomic E-state index is 13.3. The molecular formula is C21H17ClF3N3OS. The average Bonchev–Trinajstić information content (AvgIpc) is 2.71. The number of halogens is 4. The molecule has 1 aromatic heterocycles. The Bertz CT molecular complexity index is 1060. The maximum atomic E-state index is 13.3. The fourth-order valence-corrected chi connectivity index (χ4v) is 3.53. The van der Waals surface area contributed by atoms with Crippen LogP contribution < -0.4 is 5.32 Å². The Kier molecular flexibility index (Phi) is 6.67. The molecule has 0 bridgehead atoms. The number of carbonyl (C=O) groups excluding carboxylic acids is 1. The topological polar surface area (TPSA) is 54.9 Å². The molecule has 0 radical (unpaired) electrons. The number of benzene rings is 2. The van der Waals surface area contributed by atoms with E-state index < -0.39 is 23.0 Å². The van der Waals surface area contributed by atoms with Crippen molar-refractivity contribution in [2.24, 2.45) is 0 Å². The first-order chi connectivity index (χ1) is 14.1. The molecule has 3 rings (SSSR count). The third-order valence-electron chi connectivity index (χ3n) is 4.24. The predicted octanol–water partition coefficient (Wildman–Crippen LogP) is 6.24. The molecule has 156 valence electrons. The summed E-state index contributed by atoms with van der Waals surface area (Å²) in [6.07, 6.45) is -4.63. The highest BCUT2D eigenvalue weighted by molar-refractivity contribution is 8.00. The lowest BCUT2D eigenvalue weighted by atomic mass is 10.1. The molecule has 0 saturated carbocycles. The molecule has 4 nitrogen and oxygen atoms in total. The van der Waals surface area contributed by atoms with Gasteiger partial charge in [0.1, 0.15) is 5.69 Å². The van der Waals surface area contributed by atoms with E-state index in [1.165, 1.54) is 0 Å². The Morgan fingerprint density at radius 2 is 1.80 bits per heavy atom. The number of aromatic nitrogens is 2. The minimum absolute atomic E-state index is 0.130. The van der Waals surface area contributed by atoms with Crippen LogP contribution in [0.15, 0.2) is 59.8 Å². The second-order valence-electron chi connectivity index (χ2n) is 6.45. The lowest BCUT2D eigenvalue weighted by Crippen LogP contribution is -2.23. The SMILES string of the molecule is Cc1c(Cl)cccc1NC(=O)C(C)Sc1nc(-c2ccccc2)cc(C(F)(F)F)n1. The maximum Gasteiger partial charge on any atom is 0.433 e. The van der Waals surface area contributed by atoms with Gasteiger partial charge in [-0.3, -0.25) is 4.79 Å². The molecule has 9 heteroatoms. The molecule has 1 atom stereocenters. The third-order valence-corrected chi connectivity index (χ3v) is 5.61. The van der Waals surface area contributed by atoms with E-state index >= 15 is 0 Å². The highest BCUT2D eigenvalue weighted by Crippen LogP contribution is 2.33. The zero-order valence-corrected chi connectivity index (χ0v) is 17.6. The van der Waals surface area contributed by atoms with E-state index in [-0.39, 0.29) is 10.9 Å². The van der Waals surface area contributed by atoms with Crippen molar-refractivity contribution >= 4 is 35.0 Å². The summed E-state index contributed by atoms with van der Waals surface area (Å²) in [4.78, 5) is 20.4. The van der Waals surface area contributed by atoms with E-state index in [1.54, 1.807) is 62.4 Å². The van der Waals surface area contributed by atoms with Crippen LogP contribution in [0.4, 0.5) is 18.9 Å². The normalized spacial score (nSPS) is 12.5. The van der Waals surface area contributed by atoms with Crippen LogP contribution in [0.25, 0.3) is 11.3 Å². The molecule has 0 aliphatic carbocycles. The standard InChI is InChI=1S/C21H17ClF3N3OS/c1-12-15(22)9-6-10-16(12)26-19(29)13(2)30-20-27-17(14-7-4-3-5-8-14)11-18(28-20)21(23,24)25/h3-11,13H,1-2H3,(H,26,29). The molecule has 3 aromatic rings. The van der Waals surface area contributed by atoms with Crippen molar-refractivity contribution in [3.8, 4) is 11.3 Å². The van der Waals surface area contributed by atoms with Gasteiger partial charge in [-0.2, -0.15) is 13.2 Å². The molecule has 0 aliphatic heterocycles. The molecule has 1 unspecified atom stereocenters. The van der Waals surface area contributed by atoms with E-state index in [0.29, 0.717) is 21.8 Å². The molecule has 1 amide bonds. The number of hydrogen-bond acceptors (Lipinski definition) is 4. The fourth-order valence-electron chi connectivity index (χ4n) is 2.57. The second kappa shape index (κ2) is 9.06. The highest BCUT2D eigenvalue weighted by Gasteiger charge is 2.34. The lowest BCUT2D eigenvalue weighted by Gasteiger charge is -2.15. The number of nitrogens with zero attached hydrogens (tertiary/aromatic N) is 2. The van der Waals surface area contributed by atoms with Gasteiger partial charge >= 0.3 is 6.18 Å². The number of rotatable bonds is 5. The van der Waals surface area contributed by atoms with Gasteiger partial charge in [-0.1, -0.05) is 59.8 Å². The smallest absolute Gasteiger partial charge is 0.325 e. The van der Waals surface area contributed by atoms with Crippen LogP contribution in [0.2, 0.25) is 5.02 Å². The molecule has 1 N–H and O–H groups in total. The third kappa shape index (κ3) is 5.31. The van der Waals surface area contributed by atoms with Gasteiger partial charge in [0.15, 0.2) is 5.16 Å². The van der Waals surface area contributed by atoms with Crippen LogP contribution >= 0.6 is 23.4 Å². The highest BCUT2D eigenvalue weighted by atomic mass is 35.5. The predicted molar refractivity (Wildman–Crippen MR) is 113 cm³/mol. The molecule has 2 aromatic carbocycles. The number of carbonyl (C=O) groups is 1. The van der Waals surface area contributed by atoms with E-state index in [1.807, 2.05) is 0 Å². The van der Waals surface area contributed by atoms with Crippen molar-refractivity contribution < 1.29 is 18.0 Å². The first-order valence-electron chi connectivity index (χ1n) is 8.89. The van der Waals surface area contributed by atoms with Crippen molar-refractivity contribution in [2.45, 2.75) is 30.4 Å². The van der Waals surface area contributed by atoms with Crippen molar-refractivity contribution in [3.05, 3.63) is 70.9 Å². The second-order valence-corrected chi connectivity index (χ2v) is 8.16. The van der Waals surface area contributed by atoms with Gasteiger partial charge in [-0.15, -0.1) is 0 Å². The van der Waals surface area contributed by atoms with Gasteiger partial charge in [0, 0.05) is 16.3 Å². The van der Waals surface area contributed by atoms with Crippen molar-refractivity contribution in [1.82, 2.24) is 9.97 Å². The summed E-state index contributed by atoms with van der Waals surface area (Å²) in [6, 6.07) is 14.5. The Hall–Kier alpha value is -2.58. The first-order valence-corrected chi connectivity index (χ1v) is 10.2. The molecular weight excluding hydrogens is 435 g/mol. The number of hydrogen-bond donors (Lipinski definition) is 1. The summed E-state index contributed by atoms with van der Waals surface area (Å²) >= 11 is 6.91. The van der Waals surface area contributed by atoms with Crippen LogP contribution in [-0.2, 0) is 11.0 Å². The lowest BCUT2D eigenvalue weighted by molar-refractivity contribution is -0.141. The fraction of sp³-hybridized carbons (Fsp3) is 0.190. The zero-order valence-electron chi connectivity index (χ0n) is 16.0. The monoisotopic (exact) mass is 451 g/mol. The molecule has 0 fully saturated rings. The summed E-state index contributed by atoms with van der Waals surface area (Å²) in [5.41, 5.74) is 0.844. The quantitative estimate of drug-likeness (QED) is 0.368. The number of anilines is 1. The molecule has 0 saturated heterocycles.